The molecule has 2 aromatic rings. The van der Waals surface area contributed by atoms with Gasteiger partial charge in [0.05, 0.1) is 5.39 Å². The molecule has 2 aromatic heterocycles. The first-order valence-electron chi connectivity index (χ1n) is 8.44. The monoisotopic (exact) mass is 350 g/mol. The Bertz CT molecular complexity index is 697. The molecule has 0 bridgehead atoms. The summed E-state index contributed by atoms with van der Waals surface area (Å²) in [5.41, 5.74) is 0.737. The number of carboxylic acid groups (broad SMARTS) is 1. The van der Waals surface area contributed by atoms with Crippen molar-refractivity contribution >= 4 is 33.3 Å². The minimum atomic E-state index is -0.909. The Kier molecular flexibility index (Phi) is 6.51. The van der Waals surface area contributed by atoms with E-state index in [1.165, 1.54) is 17.7 Å². The van der Waals surface area contributed by atoms with Crippen LogP contribution in [0.4, 0.5) is 5.82 Å². The molecule has 7 heteroatoms. The molecule has 0 aliphatic carbocycles. The van der Waals surface area contributed by atoms with Gasteiger partial charge < -0.3 is 15.3 Å². The number of hydrogen-bond donors (Lipinski definition) is 2. The Morgan fingerprint density at radius 3 is 2.71 bits per heavy atom. The third-order valence-corrected chi connectivity index (χ3v) is 5.50. The lowest BCUT2D eigenvalue weighted by Crippen LogP contribution is -2.25. The van der Waals surface area contributed by atoms with E-state index in [0.717, 1.165) is 54.1 Å². The first kappa shape index (κ1) is 18.6. The second-order valence-electron chi connectivity index (χ2n) is 5.98. The smallest absolute Gasteiger partial charge is 0.346 e. The molecule has 0 saturated carbocycles. The molecule has 2 rings (SSSR count). The summed E-state index contributed by atoms with van der Waals surface area (Å²) in [4.78, 5) is 23.3. The highest BCUT2D eigenvalue weighted by molar-refractivity contribution is 7.20. The molecule has 6 nitrogen and oxygen atoms in total. The van der Waals surface area contributed by atoms with Gasteiger partial charge in [-0.2, -0.15) is 0 Å². The Balaban J connectivity index is 2.08. The first-order valence-corrected chi connectivity index (χ1v) is 9.25. The van der Waals surface area contributed by atoms with E-state index in [-0.39, 0.29) is 6.04 Å². The third kappa shape index (κ3) is 4.21. The minimum Gasteiger partial charge on any atom is -0.477 e. The van der Waals surface area contributed by atoms with Gasteiger partial charge in [0.2, 0.25) is 0 Å². The molecule has 2 N–H and O–H groups in total. The van der Waals surface area contributed by atoms with Crippen LogP contribution >= 0.6 is 11.3 Å². The summed E-state index contributed by atoms with van der Waals surface area (Å²) in [5.74, 6) is -0.176. The van der Waals surface area contributed by atoms with E-state index >= 15 is 0 Å². The summed E-state index contributed by atoms with van der Waals surface area (Å²) in [6, 6.07) is 0.270. The molecule has 1 atom stereocenters. The molecular formula is C17H26N4O2S. The Morgan fingerprint density at radius 2 is 2.08 bits per heavy atom. The Morgan fingerprint density at radius 1 is 1.38 bits per heavy atom. The lowest BCUT2D eigenvalue weighted by Gasteiger charge is -2.20. The highest BCUT2D eigenvalue weighted by Gasteiger charge is 2.19. The summed E-state index contributed by atoms with van der Waals surface area (Å²) >= 11 is 1.20. The molecule has 0 unspecified atom stereocenters. The SMILES string of the molecule is CCN(CC)CCC[C@@H](C)Nc1ncnc2sc(C(=O)O)c(C)c12. The van der Waals surface area contributed by atoms with E-state index in [2.05, 4.69) is 41.0 Å². The average molecular weight is 350 g/mol. The molecule has 0 radical (unpaired) electrons. The summed E-state index contributed by atoms with van der Waals surface area (Å²) in [6.07, 6.45) is 3.65. The standard InChI is InChI=1S/C17H26N4O2S/c1-5-21(6-2)9-7-8-11(3)20-15-13-12(4)14(17(22)23)24-16(13)19-10-18-15/h10-11H,5-9H2,1-4H3,(H,22,23)(H,18,19,20)/t11-/m1/s1. The van der Waals surface area contributed by atoms with E-state index in [0.29, 0.717) is 4.88 Å². The van der Waals surface area contributed by atoms with Gasteiger partial charge in [-0.15, -0.1) is 11.3 Å². The van der Waals surface area contributed by atoms with Crippen LogP contribution in [0, 0.1) is 6.92 Å². The summed E-state index contributed by atoms with van der Waals surface area (Å²) in [6.45, 7) is 11.6. The van der Waals surface area contributed by atoms with Crippen LogP contribution in [0.3, 0.4) is 0 Å². The Labute approximate surface area is 146 Å². The van der Waals surface area contributed by atoms with Crippen LogP contribution in [0.5, 0.6) is 0 Å². The number of carbonyl (C=O) groups is 1. The molecule has 0 aromatic carbocycles. The number of thiophene rings is 1. The fourth-order valence-electron chi connectivity index (χ4n) is 2.85. The van der Waals surface area contributed by atoms with Gasteiger partial charge in [-0.25, -0.2) is 14.8 Å². The van der Waals surface area contributed by atoms with Crippen LogP contribution in [-0.4, -0.2) is 51.6 Å². The van der Waals surface area contributed by atoms with Gasteiger partial charge in [0.1, 0.15) is 21.9 Å². The van der Waals surface area contributed by atoms with Crippen LogP contribution in [0.25, 0.3) is 10.2 Å². The fraction of sp³-hybridized carbons (Fsp3) is 0.588. The maximum Gasteiger partial charge on any atom is 0.346 e. The van der Waals surface area contributed by atoms with E-state index in [4.69, 9.17) is 0 Å². The molecule has 0 amide bonds. The lowest BCUT2D eigenvalue weighted by molar-refractivity contribution is 0.0701. The fourth-order valence-corrected chi connectivity index (χ4v) is 3.84. The number of fused-ring (bicyclic) bond motifs is 1. The van der Waals surface area contributed by atoms with Gasteiger partial charge >= 0.3 is 5.97 Å². The van der Waals surface area contributed by atoms with Crippen molar-refractivity contribution in [1.29, 1.82) is 0 Å². The van der Waals surface area contributed by atoms with E-state index in [1.54, 1.807) is 0 Å². The molecule has 0 saturated heterocycles. The Hall–Kier alpha value is -1.73. The van der Waals surface area contributed by atoms with Crippen molar-refractivity contribution in [3.8, 4) is 0 Å². The highest BCUT2D eigenvalue weighted by atomic mass is 32.1. The van der Waals surface area contributed by atoms with Gasteiger partial charge in [0.15, 0.2) is 0 Å². The van der Waals surface area contributed by atoms with Crippen molar-refractivity contribution in [3.63, 3.8) is 0 Å². The average Bonchev–Trinajstić information content (AvgIpc) is 2.90. The molecule has 0 fully saturated rings. The number of aryl methyl sites for hydroxylation is 1. The zero-order valence-electron chi connectivity index (χ0n) is 14.8. The van der Waals surface area contributed by atoms with Crippen LogP contribution in [0.1, 0.15) is 48.8 Å². The molecule has 0 aliphatic rings. The second kappa shape index (κ2) is 8.39. The number of nitrogens with zero attached hydrogens (tertiary/aromatic N) is 3. The molecular weight excluding hydrogens is 324 g/mol. The van der Waals surface area contributed by atoms with Crippen molar-refractivity contribution in [2.24, 2.45) is 0 Å². The molecule has 2 heterocycles. The predicted octanol–water partition coefficient (Wildman–Crippen LogP) is 3.62. The topological polar surface area (TPSA) is 78.3 Å². The molecule has 0 spiro atoms. The molecule has 24 heavy (non-hydrogen) atoms. The first-order chi connectivity index (χ1) is 11.5. The van der Waals surface area contributed by atoms with Crippen molar-refractivity contribution in [1.82, 2.24) is 14.9 Å². The zero-order chi connectivity index (χ0) is 17.7. The zero-order valence-corrected chi connectivity index (χ0v) is 15.6. The van der Waals surface area contributed by atoms with Gasteiger partial charge in [0, 0.05) is 6.04 Å². The number of aromatic carboxylic acids is 1. The largest absolute Gasteiger partial charge is 0.477 e. The number of nitrogens with one attached hydrogen (secondary N) is 1. The second-order valence-corrected chi connectivity index (χ2v) is 6.98. The summed E-state index contributed by atoms with van der Waals surface area (Å²) in [5, 5.41) is 13.6. The van der Waals surface area contributed by atoms with Crippen LogP contribution in [0.15, 0.2) is 6.33 Å². The van der Waals surface area contributed by atoms with Gasteiger partial charge in [-0.3, -0.25) is 0 Å². The third-order valence-electron chi connectivity index (χ3n) is 4.31. The normalized spacial score (nSPS) is 12.7. The van der Waals surface area contributed by atoms with Gasteiger partial charge in [-0.1, -0.05) is 13.8 Å². The van der Waals surface area contributed by atoms with Gasteiger partial charge in [0.25, 0.3) is 0 Å². The van der Waals surface area contributed by atoms with Crippen LogP contribution < -0.4 is 5.32 Å². The maximum absolute atomic E-state index is 11.3. The van der Waals surface area contributed by atoms with Crippen molar-refractivity contribution in [2.45, 2.75) is 46.6 Å². The van der Waals surface area contributed by atoms with E-state index in [1.807, 2.05) is 6.92 Å². The number of anilines is 1. The van der Waals surface area contributed by atoms with Crippen molar-refractivity contribution < 1.29 is 9.90 Å². The molecule has 0 aliphatic heterocycles. The summed E-state index contributed by atoms with van der Waals surface area (Å²) in [7, 11) is 0. The van der Waals surface area contributed by atoms with Crippen LogP contribution in [-0.2, 0) is 0 Å². The predicted molar refractivity (Wildman–Crippen MR) is 99.2 cm³/mol. The van der Waals surface area contributed by atoms with Crippen molar-refractivity contribution in [3.05, 3.63) is 16.8 Å². The van der Waals surface area contributed by atoms with E-state index in [9.17, 15) is 9.90 Å². The quantitative estimate of drug-likeness (QED) is 0.719. The number of hydrogen-bond acceptors (Lipinski definition) is 6. The molecule has 132 valence electrons. The van der Waals surface area contributed by atoms with E-state index < -0.39 is 5.97 Å². The lowest BCUT2D eigenvalue weighted by atomic mass is 10.1. The minimum absolute atomic E-state index is 0.270. The van der Waals surface area contributed by atoms with Crippen LogP contribution in [0.2, 0.25) is 0 Å². The van der Waals surface area contributed by atoms with Crippen molar-refractivity contribution in [2.75, 3.05) is 25.0 Å². The highest BCUT2D eigenvalue weighted by Crippen LogP contribution is 2.33. The number of aromatic nitrogens is 2. The van der Waals surface area contributed by atoms with Gasteiger partial charge in [-0.05, 0) is 51.9 Å². The number of rotatable bonds is 9. The summed E-state index contributed by atoms with van der Waals surface area (Å²) < 4.78 is 0. The maximum atomic E-state index is 11.3. The number of carboxylic acids is 1.